The van der Waals surface area contributed by atoms with Gasteiger partial charge in [0.25, 0.3) is 0 Å². The number of carbonyl (C=O) groups is 3. The number of fused-ring (bicyclic) bond motifs is 4. The van der Waals surface area contributed by atoms with Crippen LogP contribution in [0, 0.1) is 11.8 Å². The van der Waals surface area contributed by atoms with Gasteiger partial charge in [-0.05, 0) is 79.3 Å². The van der Waals surface area contributed by atoms with Gasteiger partial charge in [0.2, 0.25) is 0 Å². The average Bonchev–Trinajstić information content (AvgIpc) is 3.86. The van der Waals surface area contributed by atoms with Crippen LogP contribution in [-0.2, 0) is 22.7 Å². The molecule has 0 radical (unpaired) electrons. The first-order valence-corrected chi connectivity index (χ1v) is 19.0. The van der Waals surface area contributed by atoms with Crippen molar-refractivity contribution in [3.05, 3.63) is 131 Å². The number of carbonyl (C=O) groups excluding carboxylic acids is 3. The van der Waals surface area contributed by atoms with Crippen molar-refractivity contribution < 1.29 is 23.9 Å². The first-order valence-electron chi connectivity index (χ1n) is 19.0. The second-order valence-corrected chi connectivity index (χ2v) is 14.8. The normalized spacial score (nSPS) is 23.4. The fraction of sp³-hybridized carbons (Fsp3) is 0.413. The maximum absolute atomic E-state index is 13.2. The maximum Gasteiger partial charge on any atom is 0.414 e. The molecule has 4 aromatic rings. The molecule has 54 heavy (non-hydrogen) atoms. The zero-order chi connectivity index (χ0) is 35.4. The third-order valence-corrected chi connectivity index (χ3v) is 11.7. The van der Waals surface area contributed by atoms with Crippen molar-refractivity contribution in [2.45, 2.75) is 110 Å². The summed E-state index contributed by atoms with van der Waals surface area (Å²) in [5.41, 5.74) is 5.58. The first-order chi connectivity index (χ1) is 25.6. The quantitative estimate of drug-likeness (QED) is 0.213. The van der Waals surface area contributed by atoms with E-state index in [2.05, 4.69) is 23.5 Å². The van der Waals surface area contributed by atoms with E-state index in [9.17, 15) is 14.4 Å². The van der Waals surface area contributed by atoms with Crippen LogP contribution in [0.2, 0.25) is 0 Å². The zero-order valence-corrected chi connectivity index (χ0v) is 29.6. The van der Waals surface area contributed by atoms with E-state index in [4.69, 9.17) is 9.47 Å². The molecule has 2 heterocycles. The summed E-state index contributed by atoms with van der Waals surface area (Å²) >= 11 is 0. The molecule has 1 N–H and O–H groups in total. The molecule has 2 aliphatic heterocycles. The molecule has 3 aliphatic carbocycles. The molecule has 9 rings (SSSR count). The molecule has 8 heteroatoms. The van der Waals surface area contributed by atoms with Gasteiger partial charge in [0.1, 0.15) is 13.2 Å². The number of nitrogens with zero attached hydrogens (tertiary/aromatic N) is 2. The number of hydrogen-bond donors (Lipinski definition) is 1. The molecule has 5 unspecified atom stereocenters. The topological polar surface area (TPSA) is 88.2 Å². The molecule has 8 nitrogen and oxygen atoms in total. The third kappa shape index (κ3) is 7.81. The minimum Gasteiger partial charge on any atom is -0.444 e. The Hall–Kier alpha value is -4.95. The highest BCUT2D eigenvalue weighted by Crippen LogP contribution is 2.49. The zero-order valence-electron chi connectivity index (χ0n) is 29.6. The standard InChI is InChI=1S/C24H28N2O2.C20H19NO3.2CH4/c27-24(28-16-17-8-2-1-3-9-17)26-21-14-5-4-12-19(21)23(25-18-10-6-11-18)20-13-7-15-22(20)26;22-19-15-9-4-5-11-17(15)21(18-12-6-10-16(18)19)20(23)24-13-14-7-2-1-3-8-14;;/h1-5,8-9,12,14,18,20,22-23,25H,6-7,10-11,13,15-16H2;1-5,7-9,11,16,18H,6,10,12-13H2;2*1H4. The lowest BCUT2D eigenvalue weighted by atomic mass is 9.81. The van der Waals surface area contributed by atoms with E-state index in [1.54, 1.807) is 4.90 Å². The predicted molar refractivity (Wildman–Crippen MR) is 215 cm³/mol. The molecule has 2 amide bonds. The molecule has 284 valence electrons. The number of rotatable bonds is 6. The molecule has 0 aromatic heterocycles. The lowest BCUT2D eigenvalue weighted by molar-refractivity contribution is 0.0895. The van der Waals surface area contributed by atoms with Gasteiger partial charge in [-0.15, -0.1) is 0 Å². The van der Waals surface area contributed by atoms with E-state index in [1.807, 2.05) is 95.9 Å². The molecule has 0 spiro atoms. The number of Topliss-reactive ketones (excluding diaryl/α,β-unsaturated/α-hetero) is 1. The van der Waals surface area contributed by atoms with E-state index < -0.39 is 0 Å². The van der Waals surface area contributed by atoms with Crippen molar-refractivity contribution in [3.8, 4) is 0 Å². The largest absolute Gasteiger partial charge is 0.444 e. The van der Waals surface area contributed by atoms with Gasteiger partial charge >= 0.3 is 12.2 Å². The first kappa shape index (κ1) is 38.8. The molecular weight excluding hydrogens is 675 g/mol. The number of anilines is 2. The summed E-state index contributed by atoms with van der Waals surface area (Å²) in [5.74, 6) is 0.546. The summed E-state index contributed by atoms with van der Waals surface area (Å²) in [6.07, 6.45) is 9.38. The van der Waals surface area contributed by atoms with Crippen LogP contribution in [-0.4, -0.2) is 36.1 Å². The molecule has 5 aliphatic rings. The molecule has 0 bridgehead atoms. The number of benzene rings is 4. The fourth-order valence-electron chi connectivity index (χ4n) is 8.97. The summed E-state index contributed by atoms with van der Waals surface area (Å²) in [4.78, 5) is 42.3. The molecule has 3 fully saturated rings. The summed E-state index contributed by atoms with van der Waals surface area (Å²) in [5, 5.41) is 3.92. The van der Waals surface area contributed by atoms with Crippen LogP contribution in [0.15, 0.2) is 109 Å². The van der Waals surface area contributed by atoms with E-state index in [0.29, 0.717) is 35.9 Å². The van der Waals surface area contributed by atoms with Gasteiger partial charge in [-0.1, -0.05) is 125 Å². The molecule has 3 saturated carbocycles. The minimum absolute atomic E-state index is 0. The van der Waals surface area contributed by atoms with Gasteiger partial charge in [0.15, 0.2) is 5.78 Å². The van der Waals surface area contributed by atoms with E-state index in [0.717, 1.165) is 42.5 Å². The van der Waals surface area contributed by atoms with Crippen molar-refractivity contribution in [1.29, 1.82) is 0 Å². The van der Waals surface area contributed by atoms with Crippen LogP contribution in [0.3, 0.4) is 0 Å². The van der Waals surface area contributed by atoms with Crippen LogP contribution in [0.1, 0.15) is 106 Å². The highest BCUT2D eigenvalue weighted by Gasteiger charge is 2.48. The molecule has 0 saturated heterocycles. The lowest BCUT2D eigenvalue weighted by Gasteiger charge is -2.45. The fourth-order valence-corrected chi connectivity index (χ4v) is 8.97. The Morgan fingerprint density at radius 2 is 1.11 bits per heavy atom. The van der Waals surface area contributed by atoms with Crippen molar-refractivity contribution in [1.82, 2.24) is 5.32 Å². The van der Waals surface area contributed by atoms with Crippen LogP contribution >= 0.6 is 0 Å². The molecular formula is C46H55N3O5. The summed E-state index contributed by atoms with van der Waals surface area (Å²) in [6.45, 7) is 0.559. The lowest BCUT2D eigenvalue weighted by Crippen LogP contribution is -2.52. The van der Waals surface area contributed by atoms with E-state index in [1.165, 1.54) is 37.7 Å². The summed E-state index contributed by atoms with van der Waals surface area (Å²) in [7, 11) is 0. The number of para-hydroxylation sites is 2. The van der Waals surface area contributed by atoms with E-state index in [-0.39, 0.29) is 57.4 Å². The Morgan fingerprint density at radius 1 is 0.593 bits per heavy atom. The maximum atomic E-state index is 13.2. The Labute approximate surface area is 320 Å². The number of ketones is 1. The number of hydrogen-bond acceptors (Lipinski definition) is 6. The van der Waals surface area contributed by atoms with Crippen molar-refractivity contribution >= 4 is 29.3 Å². The predicted octanol–water partition coefficient (Wildman–Crippen LogP) is 10.7. The molecule has 5 atom stereocenters. The van der Waals surface area contributed by atoms with Gasteiger partial charge in [0.05, 0.1) is 17.4 Å². The second kappa shape index (κ2) is 17.5. The molecule has 4 aromatic carbocycles. The van der Waals surface area contributed by atoms with E-state index >= 15 is 0 Å². The minimum atomic E-state index is -0.365. The van der Waals surface area contributed by atoms with Gasteiger partial charge in [-0.2, -0.15) is 0 Å². The van der Waals surface area contributed by atoms with Crippen LogP contribution in [0.4, 0.5) is 21.0 Å². The van der Waals surface area contributed by atoms with Gasteiger partial charge in [-0.25, -0.2) is 9.59 Å². The summed E-state index contributed by atoms with van der Waals surface area (Å²) in [6, 6.07) is 36.5. The number of amides is 2. The van der Waals surface area contributed by atoms with Crippen LogP contribution in [0.5, 0.6) is 0 Å². The smallest absolute Gasteiger partial charge is 0.414 e. The van der Waals surface area contributed by atoms with Crippen molar-refractivity contribution in [2.75, 3.05) is 9.80 Å². The van der Waals surface area contributed by atoms with Crippen molar-refractivity contribution in [2.24, 2.45) is 11.8 Å². The van der Waals surface area contributed by atoms with Crippen LogP contribution in [0.25, 0.3) is 0 Å². The van der Waals surface area contributed by atoms with Gasteiger partial charge in [0, 0.05) is 29.6 Å². The summed E-state index contributed by atoms with van der Waals surface area (Å²) < 4.78 is 11.3. The number of nitrogens with one attached hydrogen (secondary N) is 1. The third-order valence-electron chi connectivity index (χ3n) is 11.7. The SMILES string of the molecule is C.C.O=C(OCc1ccccc1)N1c2ccccc2C(NC2CCC2)C2CCCC21.O=C1c2ccccc2N(C(=O)OCc2ccccc2)C2CCCC12. The second-order valence-electron chi connectivity index (χ2n) is 14.8. The monoisotopic (exact) mass is 729 g/mol. The number of ether oxygens (including phenoxy) is 2. The average molecular weight is 730 g/mol. The van der Waals surface area contributed by atoms with Crippen molar-refractivity contribution in [3.63, 3.8) is 0 Å². The van der Waals surface area contributed by atoms with Gasteiger partial charge < -0.3 is 14.8 Å². The Kier molecular flexibility index (Phi) is 12.5. The Balaban J connectivity index is 0.000000180. The Bertz CT molecular complexity index is 1880. The highest BCUT2D eigenvalue weighted by molar-refractivity contribution is 6.09. The van der Waals surface area contributed by atoms with Gasteiger partial charge in [-0.3, -0.25) is 14.6 Å². The highest BCUT2D eigenvalue weighted by atomic mass is 16.6. The van der Waals surface area contributed by atoms with Crippen LogP contribution < -0.4 is 15.1 Å². The Morgan fingerprint density at radius 3 is 1.74 bits per heavy atom.